The lowest BCUT2D eigenvalue weighted by Gasteiger charge is -2.15. The van der Waals surface area contributed by atoms with E-state index in [0.717, 1.165) is 28.0 Å². The number of alkyl halides is 1. The highest BCUT2D eigenvalue weighted by molar-refractivity contribution is 14.1. The third-order valence-corrected chi connectivity index (χ3v) is 5.79. The van der Waals surface area contributed by atoms with Gasteiger partial charge < -0.3 is 9.47 Å². The van der Waals surface area contributed by atoms with E-state index in [-0.39, 0.29) is 4.83 Å². The van der Waals surface area contributed by atoms with E-state index in [1.807, 2.05) is 6.07 Å². The van der Waals surface area contributed by atoms with Crippen LogP contribution in [0.15, 0.2) is 40.9 Å². The van der Waals surface area contributed by atoms with Gasteiger partial charge in [0.15, 0.2) is 11.5 Å². The quantitative estimate of drug-likeness (QED) is 0.371. The molecule has 0 radical (unpaired) electrons. The number of halogens is 3. The number of ether oxygens (including phenoxy) is 2. The highest BCUT2D eigenvalue weighted by Gasteiger charge is 2.17. The first-order valence-electron chi connectivity index (χ1n) is 6.64. The lowest BCUT2D eigenvalue weighted by molar-refractivity contribution is 0.297. The van der Waals surface area contributed by atoms with Gasteiger partial charge in [-0.1, -0.05) is 37.9 Å². The van der Waals surface area contributed by atoms with Crippen molar-refractivity contribution in [3.63, 3.8) is 0 Å². The molecule has 0 bridgehead atoms. The molecule has 2 aromatic carbocycles. The summed E-state index contributed by atoms with van der Waals surface area (Å²) in [5.41, 5.74) is 2.40. The van der Waals surface area contributed by atoms with Crippen LogP contribution in [0.3, 0.4) is 0 Å². The number of benzene rings is 2. The Hall–Kier alpha value is -0.270. The van der Waals surface area contributed by atoms with Crippen molar-refractivity contribution in [2.45, 2.75) is 11.2 Å². The van der Waals surface area contributed by atoms with E-state index in [2.05, 4.69) is 84.8 Å². The van der Waals surface area contributed by atoms with Crippen molar-refractivity contribution < 1.29 is 9.47 Å². The van der Waals surface area contributed by atoms with E-state index < -0.39 is 0 Å². The van der Waals surface area contributed by atoms with Crippen LogP contribution < -0.4 is 9.47 Å². The Labute approximate surface area is 154 Å². The molecule has 0 saturated heterocycles. The SMILES string of the molecule is Brc1ccc(I)c(C(Br)c2ccc3c(c2)OCCCO3)c1. The fourth-order valence-corrected chi connectivity index (χ4v) is 4.34. The molecule has 110 valence electrons. The van der Waals surface area contributed by atoms with Gasteiger partial charge in [-0.15, -0.1) is 0 Å². The van der Waals surface area contributed by atoms with Gasteiger partial charge >= 0.3 is 0 Å². The molecule has 0 aromatic heterocycles. The summed E-state index contributed by atoms with van der Waals surface area (Å²) in [5.74, 6) is 1.67. The van der Waals surface area contributed by atoms with Gasteiger partial charge in [0.2, 0.25) is 0 Å². The van der Waals surface area contributed by atoms with Crippen LogP contribution in [0.5, 0.6) is 11.5 Å². The monoisotopic (exact) mass is 522 g/mol. The lowest BCUT2D eigenvalue weighted by Crippen LogP contribution is -1.98. The molecule has 1 unspecified atom stereocenters. The summed E-state index contributed by atoms with van der Waals surface area (Å²) in [4.78, 5) is 0.124. The summed E-state index contributed by atoms with van der Waals surface area (Å²) < 4.78 is 13.8. The number of hydrogen-bond acceptors (Lipinski definition) is 2. The second kappa shape index (κ2) is 6.87. The Bertz CT molecular complexity index is 661. The van der Waals surface area contributed by atoms with Gasteiger partial charge in [0, 0.05) is 14.5 Å². The minimum atomic E-state index is 0.124. The van der Waals surface area contributed by atoms with Crippen LogP contribution in [0.4, 0.5) is 0 Å². The third-order valence-electron chi connectivity index (χ3n) is 3.30. The predicted molar refractivity (Wildman–Crippen MR) is 99.7 cm³/mol. The van der Waals surface area contributed by atoms with Crippen molar-refractivity contribution in [3.05, 3.63) is 55.6 Å². The van der Waals surface area contributed by atoms with Crippen molar-refractivity contribution >= 4 is 54.5 Å². The van der Waals surface area contributed by atoms with Crippen LogP contribution in [0.2, 0.25) is 0 Å². The Morgan fingerprint density at radius 1 is 1.00 bits per heavy atom. The van der Waals surface area contributed by atoms with Gasteiger partial charge in [0.05, 0.1) is 18.0 Å². The Kier molecular flexibility index (Phi) is 5.11. The van der Waals surface area contributed by atoms with Crippen molar-refractivity contribution in [2.24, 2.45) is 0 Å². The largest absolute Gasteiger partial charge is 0.490 e. The summed E-state index contributed by atoms with van der Waals surface area (Å²) >= 11 is 9.70. The molecule has 3 rings (SSSR count). The van der Waals surface area contributed by atoms with Crippen LogP contribution >= 0.6 is 54.5 Å². The average molecular weight is 524 g/mol. The molecule has 5 heteroatoms. The Balaban J connectivity index is 1.96. The molecule has 0 spiro atoms. The first-order chi connectivity index (χ1) is 10.1. The minimum Gasteiger partial charge on any atom is -0.490 e. The van der Waals surface area contributed by atoms with Crippen LogP contribution in [-0.2, 0) is 0 Å². The minimum absolute atomic E-state index is 0.124. The zero-order chi connectivity index (χ0) is 14.8. The van der Waals surface area contributed by atoms with E-state index in [9.17, 15) is 0 Å². The van der Waals surface area contributed by atoms with E-state index in [1.54, 1.807) is 0 Å². The second-order valence-corrected chi connectivity index (χ2v) is 7.78. The molecule has 0 N–H and O–H groups in total. The maximum atomic E-state index is 5.77. The van der Waals surface area contributed by atoms with Gasteiger partial charge in [0.25, 0.3) is 0 Å². The molecule has 21 heavy (non-hydrogen) atoms. The highest BCUT2D eigenvalue weighted by atomic mass is 127. The normalized spacial score (nSPS) is 15.4. The van der Waals surface area contributed by atoms with Crippen molar-refractivity contribution in [1.82, 2.24) is 0 Å². The molecule has 0 amide bonds. The predicted octanol–water partition coefficient (Wildman–Crippen LogP) is 5.70. The maximum Gasteiger partial charge on any atom is 0.161 e. The summed E-state index contributed by atoms with van der Waals surface area (Å²) in [6.07, 6.45) is 0.922. The zero-order valence-electron chi connectivity index (χ0n) is 11.1. The molecule has 0 saturated carbocycles. The van der Waals surface area contributed by atoms with Gasteiger partial charge in [-0.25, -0.2) is 0 Å². The fourth-order valence-electron chi connectivity index (χ4n) is 2.23. The van der Waals surface area contributed by atoms with Gasteiger partial charge in [-0.05, 0) is 64.0 Å². The first-order valence-corrected chi connectivity index (χ1v) is 9.42. The van der Waals surface area contributed by atoms with Gasteiger partial charge in [-0.2, -0.15) is 0 Å². The first kappa shape index (κ1) is 15.6. The highest BCUT2D eigenvalue weighted by Crippen LogP contribution is 2.39. The third kappa shape index (κ3) is 3.56. The smallest absolute Gasteiger partial charge is 0.161 e. The molecular formula is C16H13Br2IO2. The average Bonchev–Trinajstić information content (AvgIpc) is 2.73. The molecule has 2 nitrogen and oxygen atoms in total. The van der Waals surface area contributed by atoms with E-state index in [1.165, 1.54) is 9.13 Å². The number of rotatable bonds is 2. The Morgan fingerprint density at radius 3 is 2.57 bits per heavy atom. The summed E-state index contributed by atoms with van der Waals surface area (Å²) in [5, 5.41) is 0. The maximum absolute atomic E-state index is 5.77. The van der Waals surface area contributed by atoms with E-state index >= 15 is 0 Å². The molecule has 1 heterocycles. The van der Waals surface area contributed by atoms with Crippen LogP contribution in [0, 0.1) is 3.57 Å². The van der Waals surface area contributed by atoms with Crippen LogP contribution in [0.1, 0.15) is 22.4 Å². The topological polar surface area (TPSA) is 18.5 Å². The van der Waals surface area contributed by atoms with Crippen LogP contribution in [0.25, 0.3) is 0 Å². The van der Waals surface area contributed by atoms with Gasteiger partial charge in [0.1, 0.15) is 0 Å². The summed E-state index contributed by atoms with van der Waals surface area (Å²) in [6.45, 7) is 1.42. The van der Waals surface area contributed by atoms with Crippen molar-refractivity contribution in [2.75, 3.05) is 13.2 Å². The number of hydrogen-bond donors (Lipinski definition) is 0. The molecule has 1 atom stereocenters. The van der Waals surface area contributed by atoms with Gasteiger partial charge in [-0.3, -0.25) is 0 Å². The van der Waals surface area contributed by atoms with E-state index in [4.69, 9.17) is 9.47 Å². The Morgan fingerprint density at radius 2 is 1.76 bits per heavy atom. The summed E-state index contributed by atoms with van der Waals surface area (Å²) in [6, 6.07) is 12.5. The zero-order valence-corrected chi connectivity index (χ0v) is 16.4. The van der Waals surface area contributed by atoms with Crippen molar-refractivity contribution in [3.8, 4) is 11.5 Å². The summed E-state index contributed by atoms with van der Waals surface area (Å²) in [7, 11) is 0. The molecule has 0 fully saturated rings. The molecular weight excluding hydrogens is 511 g/mol. The second-order valence-electron chi connectivity index (χ2n) is 4.79. The fraction of sp³-hybridized carbons (Fsp3) is 0.250. The lowest BCUT2D eigenvalue weighted by atomic mass is 10.0. The molecule has 1 aliphatic heterocycles. The number of fused-ring (bicyclic) bond motifs is 1. The van der Waals surface area contributed by atoms with Crippen molar-refractivity contribution in [1.29, 1.82) is 0 Å². The van der Waals surface area contributed by atoms with Crippen LogP contribution in [-0.4, -0.2) is 13.2 Å². The standard InChI is InChI=1S/C16H13Br2IO2/c17-11-3-4-13(19)12(9-11)16(18)10-2-5-14-15(8-10)21-7-1-6-20-14/h2-5,8-9,16H,1,6-7H2. The molecule has 1 aliphatic rings. The molecule has 2 aromatic rings. The van der Waals surface area contributed by atoms with E-state index in [0.29, 0.717) is 13.2 Å². The molecule has 0 aliphatic carbocycles.